The largest absolute Gasteiger partial charge is 0.496 e. The maximum absolute atomic E-state index is 12.9. The number of methoxy groups -OCH3 is 1. The van der Waals surface area contributed by atoms with E-state index in [1.807, 2.05) is 0 Å². The fraction of sp³-hybridized carbons (Fsp3) is 0.316. The third-order valence-corrected chi connectivity index (χ3v) is 7.18. The molecule has 1 saturated heterocycles. The van der Waals surface area contributed by atoms with Gasteiger partial charge >= 0.3 is 0 Å². The van der Waals surface area contributed by atoms with Gasteiger partial charge in [0.1, 0.15) is 5.75 Å². The van der Waals surface area contributed by atoms with Crippen molar-refractivity contribution in [1.82, 2.24) is 4.31 Å². The van der Waals surface area contributed by atoms with Crippen LogP contribution in [0.4, 0.5) is 5.69 Å². The van der Waals surface area contributed by atoms with E-state index in [2.05, 4.69) is 5.32 Å². The van der Waals surface area contributed by atoms with Crippen LogP contribution in [0.2, 0.25) is 10.0 Å². The van der Waals surface area contributed by atoms with Gasteiger partial charge in [0.15, 0.2) is 0 Å². The molecule has 3 rings (SSSR count). The van der Waals surface area contributed by atoms with Crippen molar-refractivity contribution in [3.05, 3.63) is 52.0 Å². The molecule has 9 heteroatoms. The van der Waals surface area contributed by atoms with Gasteiger partial charge in [-0.1, -0.05) is 29.6 Å². The van der Waals surface area contributed by atoms with E-state index in [1.165, 1.54) is 35.7 Å². The molecule has 1 amide bonds. The Morgan fingerprint density at radius 1 is 1.04 bits per heavy atom. The van der Waals surface area contributed by atoms with Gasteiger partial charge in [-0.3, -0.25) is 4.79 Å². The molecule has 1 aliphatic heterocycles. The zero-order chi connectivity index (χ0) is 20.3. The van der Waals surface area contributed by atoms with Gasteiger partial charge < -0.3 is 10.1 Å². The van der Waals surface area contributed by atoms with E-state index in [0.29, 0.717) is 28.8 Å². The molecule has 0 spiro atoms. The highest BCUT2D eigenvalue weighted by atomic mass is 35.5. The average Bonchev–Trinajstić information content (AvgIpc) is 2.70. The lowest BCUT2D eigenvalue weighted by Crippen LogP contribution is -2.35. The van der Waals surface area contributed by atoms with Crippen LogP contribution in [-0.2, 0) is 10.0 Å². The van der Waals surface area contributed by atoms with Crippen LogP contribution in [0.1, 0.15) is 29.6 Å². The summed E-state index contributed by atoms with van der Waals surface area (Å²) in [6.07, 6.45) is 2.69. The quantitative estimate of drug-likeness (QED) is 0.742. The van der Waals surface area contributed by atoms with Gasteiger partial charge in [0.05, 0.1) is 27.6 Å². The number of hydrogen-bond donors (Lipinski definition) is 1. The summed E-state index contributed by atoms with van der Waals surface area (Å²) in [6, 6.07) is 8.97. The molecule has 0 radical (unpaired) electrons. The van der Waals surface area contributed by atoms with Crippen molar-refractivity contribution in [1.29, 1.82) is 0 Å². The van der Waals surface area contributed by atoms with Crippen LogP contribution in [-0.4, -0.2) is 38.8 Å². The Labute approximate surface area is 174 Å². The van der Waals surface area contributed by atoms with E-state index in [-0.39, 0.29) is 16.2 Å². The number of benzene rings is 2. The first-order valence-electron chi connectivity index (χ1n) is 8.77. The van der Waals surface area contributed by atoms with Gasteiger partial charge in [-0.2, -0.15) is 4.31 Å². The molecule has 1 heterocycles. The van der Waals surface area contributed by atoms with Crippen molar-refractivity contribution in [3.8, 4) is 5.75 Å². The molecule has 0 unspecified atom stereocenters. The molecule has 0 aliphatic carbocycles. The Bertz CT molecular complexity index is 989. The van der Waals surface area contributed by atoms with Crippen LogP contribution in [0.25, 0.3) is 0 Å². The highest BCUT2D eigenvalue weighted by Gasteiger charge is 2.27. The van der Waals surface area contributed by atoms with Crippen molar-refractivity contribution in [3.63, 3.8) is 0 Å². The summed E-state index contributed by atoms with van der Waals surface area (Å²) in [7, 11) is -2.25. The maximum Gasteiger partial charge on any atom is 0.259 e. The number of nitrogens with zero attached hydrogens (tertiary/aromatic N) is 1. The molecule has 0 atom stereocenters. The second-order valence-corrected chi connectivity index (χ2v) is 9.16. The van der Waals surface area contributed by atoms with E-state index < -0.39 is 15.9 Å². The molecule has 0 aromatic heterocycles. The van der Waals surface area contributed by atoms with Crippen LogP contribution in [0.15, 0.2) is 41.3 Å². The molecular weight excluding hydrogens is 423 g/mol. The van der Waals surface area contributed by atoms with Crippen molar-refractivity contribution in [2.75, 3.05) is 25.5 Å². The summed E-state index contributed by atoms with van der Waals surface area (Å²) in [5.74, 6) is -0.235. The number of carbonyl (C=O) groups excluding carboxylic acids is 1. The smallest absolute Gasteiger partial charge is 0.259 e. The Morgan fingerprint density at radius 2 is 1.75 bits per heavy atom. The zero-order valence-electron chi connectivity index (χ0n) is 15.2. The number of halogens is 2. The topological polar surface area (TPSA) is 75.7 Å². The minimum absolute atomic E-state index is 0.0643. The lowest BCUT2D eigenvalue weighted by atomic mass is 10.2. The van der Waals surface area contributed by atoms with Gasteiger partial charge in [0.2, 0.25) is 10.0 Å². The zero-order valence-corrected chi connectivity index (χ0v) is 17.6. The van der Waals surface area contributed by atoms with Gasteiger partial charge in [-0.05, 0) is 49.2 Å². The molecule has 1 fully saturated rings. The normalized spacial score (nSPS) is 15.2. The number of rotatable bonds is 5. The molecule has 2 aromatic carbocycles. The Hall–Kier alpha value is -1.80. The Kier molecular flexibility index (Phi) is 6.50. The van der Waals surface area contributed by atoms with E-state index in [4.69, 9.17) is 27.9 Å². The monoisotopic (exact) mass is 442 g/mol. The Morgan fingerprint density at radius 3 is 2.39 bits per heavy atom. The van der Waals surface area contributed by atoms with E-state index in [1.54, 1.807) is 12.1 Å². The summed E-state index contributed by atoms with van der Waals surface area (Å²) in [6.45, 7) is 0.971. The first-order valence-corrected chi connectivity index (χ1v) is 11.0. The molecule has 1 N–H and O–H groups in total. The summed E-state index contributed by atoms with van der Waals surface area (Å²) >= 11 is 11.9. The van der Waals surface area contributed by atoms with E-state index >= 15 is 0 Å². The standard InChI is InChI=1S/C19H20Cl2N2O4S/c1-27-18-8-6-14(28(25,26)23-9-3-2-4-10-23)12-15(18)19(24)22-13-5-7-16(20)17(21)11-13/h5-8,11-12H,2-4,9-10H2,1H3,(H,22,24). The number of nitrogens with one attached hydrogen (secondary N) is 1. The minimum Gasteiger partial charge on any atom is -0.496 e. The maximum atomic E-state index is 12.9. The molecule has 1 aliphatic rings. The second-order valence-electron chi connectivity index (χ2n) is 6.41. The van der Waals surface area contributed by atoms with Crippen molar-refractivity contribution in [2.24, 2.45) is 0 Å². The van der Waals surface area contributed by atoms with Crippen molar-refractivity contribution >= 4 is 44.8 Å². The summed E-state index contributed by atoms with van der Waals surface area (Å²) < 4.78 is 32.5. The van der Waals surface area contributed by atoms with Crippen LogP contribution in [0.3, 0.4) is 0 Å². The average molecular weight is 443 g/mol. The van der Waals surface area contributed by atoms with Crippen LogP contribution >= 0.6 is 23.2 Å². The molecular formula is C19H20Cl2N2O4S. The highest BCUT2D eigenvalue weighted by molar-refractivity contribution is 7.89. The van der Waals surface area contributed by atoms with Gasteiger partial charge in [-0.25, -0.2) is 8.42 Å². The Balaban J connectivity index is 1.92. The second kappa shape index (κ2) is 8.69. The summed E-state index contributed by atoms with van der Waals surface area (Å²) in [5, 5.41) is 3.36. The van der Waals surface area contributed by atoms with Gasteiger partial charge in [0.25, 0.3) is 5.91 Å². The molecule has 2 aromatic rings. The number of anilines is 1. The van der Waals surface area contributed by atoms with Crippen LogP contribution in [0, 0.1) is 0 Å². The fourth-order valence-corrected chi connectivity index (χ4v) is 4.89. The summed E-state index contributed by atoms with van der Waals surface area (Å²) in [5.41, 5.74) is 0.553. The molecule has 0 bridgehead atoms. The van der Waals surface area contributed by atoms with Crippen LogP contribution in [0.5, 0.6) is 5.75 Å². The van der Waals surface area contributed by atoms with Gasteiger partial charge in [0, 0.05) is 18.8 Å². The van der Waals surface area contributed by atoms with Crippen LogP contribution < -0.4 is 10.1 Å². The SMILES string of the molecule is COc1ccc(S(=O)(=O)N2CCCCC2)cc1C(=O)Nc1ccc(Cl)c(Cl)c1. The number of sulfonamides is 1. The number of hydrogen-bond acceptors (Lipinski definition) is 4. The molecule has 0 saturated carbocycles. The fourth-order valence-electron chi connectivity index (χ4n) is 3.05. The minimum atomic E-state index is -3.67. The lowest BCUT2D eigenvalue weighted by Gasteiger charge is -2.26. The number of piperidine rings is 1. The number of ether oxygens (including phenoxy) is 1. The van der Waals surface area contributed by atoms with Gasteiger partial charge in [-0.15, -0.1) is 0 Å². The lowest BCUT2D eigenvalue weighted by molar-refractivity contribution is 0.102. The number of amides is 1. The molecule has 6 nitrogen and oxygen atoms in total. The molecule has 150 valence electrons. The molecule has 28 heavy (non-hydrogen) atoms. The van der Waals surface area contributed by atoms with Crippen molar-refractivity contribution in [2.45, 2.75) is 24.2 Å². The first-order chi connectivity index (χ1) is 13.3. The highest BCUT2D eigenvalue weighted by Crippen LogP contribution is 2.29. The predicted octanol–water partition coefficient (Wildman–Crippen LogP) is 4.43. The predicted molar refractivity (Wildman–Crippen MR) is 110 cm³/mol. The third-order valence-electron chi connectivity index (χ3n) is 4.55. The summed E-state index contributed by atoms with van der Waals surface area (Å²) in [4.78, 5) is 12.8. The van der Waals surface area contributed by atoms with E-state index in [9.17, 15) is 13.2 Å². The third kappa shape index (κ3) is 4.43. The van der Waals surface area contributed by atoms with Crippen molar-refractivity contribution < 1.29 is 17.9 Å². The number of carbonyl (C=O) groups is 1. The van der Waals surface area contributed by atoms with E-state index in [0.717, 1.165) is 19.3 Å². The first kappa shape index (κ1) is 20.9.